The molecule has 122 valence electrons. The maximum absolute atomic E-state index is 11.0. The number of likely N-dealkylation sites (tertiary alicyclic amines) is 1. The molecule has 0 bridgehead atoms. The van der Waals surface area contributed by atoms with Gasteiger partial charge < -0.3 is 14.8 Å². The lowest BCUT2D eigenvalue weighted by atomic mass is 10.2. The van der Waals surface area contributed by atoms with Crippen LogP contribution in [0, 0.1) is 6.92 Å². The Balaban J connectivity index is 1.73. The summed E-state index contributed by atoms with van der Waals surface area (Å²) in [5, 5.41) is 12.3. The first-order chi connectivity index (χ1) is 11.1. The number of furan rings is 1. The Morgan fingerprint density at radius 1 is 1.35 bits per heavy atom. The molecule has 1 atom stereocenters. The molecule has 0 aromatic carbocycles. The van der Waals surface area contributed by atoms with Gasteiger partial charge in [0.2, 0.25) is 0 Å². The van der Waals surface area contributed by atoms with Crippen molar-refractivity contribution in [3.8, 4) is 0 Å². The number of hydrogen-bond acceptors (Lipinski definition) is 5. The van der Waals surface area contributed by atoms with Gasteiger partial charge in [0.1, 0.15) is 17.3 Å². The van der Waals surface area contributed by atoms with Crippen molar-refractivity contribution in [2.45, 2.75) is 25.8 Å². The van der Waals surface area contributed by atoms with Gasteiger partial charge in [-0.25, -0.2) is 9.78 Å². The van der Waals surface area contributed by atoms with Gasteiger partial charge in [-0.15, -0.1) is 0 Å². The zero-order valence-corrected chi connectivity index (χ0v) is 13.2. The molecule has 3 heterocycles. The van der Waals surface area contributed by atoms with Gasteiger partial charge in [-0.1, -0.05) is 6.07 Å². The second-order valence-corrected chi connectivity index (χ2v) is 5.80. The first-order valence-electron chi connectivity index (χ1n) is 7.88. The molecule has 3 rings (SSSR count). The van der Waals surface area contributed by atoms with E-state index < -0.39 is 5.97 Å². The predicted octanol–water partition coefficient (Wildman–Crippen LogP) is 2.93. The summed E-state index contributed by atoms with van der Waals surface area (Å²) >= 11 is 0. The number of nitrogens with zero attached hydrogens (tertiary/aromatic N) is 2. The van der Waals surface area contributed by atoms with Crippen LogP contribution in [0.15, 0.2) is 34.7 Å². The fourth-order valence-electron chi connectivity index (χ4n) is 2.95. The van der Waals surface area contributed by atoms with E-state index in [2.05, 4.69) is 15.2 Å². The van der Waals surface area contributed by atoms with Crippen LogP contribution in [-0.4, -0.2) is 40.6 Å². The summed E-state index contributed by atoms with van der Waals surface area (Å²) in [6.07, 6.45) is 2.39. The van der Waals surface area contributed by atoms with Crippen molar-refractivity contribution in [3.63, 3.8) is 0 Å². The smallest absolute Gasteiger partial charge is 0.354 e. The van der Waals surface area contributed by atoms with Crippen molar-refractivity contribution in [1.82, 2.24) is 9.88 Å². The van der Waals surface area contributed by atoms with Crippen molar-refractivity contribution in [3.05, 3.63) is 47.5 Å². The van der Waals surface area contributed by atoms with E-state index >= 15 is 0 Å². The SMILES string of the molecule is Cc1ccc(C(CNc2cccc(C(=O)O)n2)N2CCCC2)o1. The predicted molar refractivity (Wildman–Crippen MR) is 86.7 cm³/mol. The number of rotatable bonds is 6. The topological polar surface area (TPSA) is 78.6 Å². The average molecular weight is 315 g/mol. The molecule has 0 radical (unpaired) electrons. The zero-order chi connectivity index (χ0) is 16.2. The minimum atomic E-state index is -1.02. The summed E-state index contributed by atoms with van der Waals surface area (Å²) in [6, 6.07) is 9.08. The fraction of sp³-hybridized carbons (Fsp3) is 0.412. The van der Waals surface area contributed by atoms with E-state index in [1.54, 1.807) is 12.1 Å². The monoisotopic (exact) mass is 315 g/mol. The Hall–Kier alpha value is -2.34. The van der Waals surface area contributed by atoms with E-state index in [0.29, 0.717) is 12.4 Å². The highest BCUT2D eigenvalue weighted by Gasteiger charge is 2.25. The van der Waals surface area contributed by atoms with Crippen LogP contribution in [0.25, 0.3) is 0 Å². The lowest BCUT2D eigenvalue weighted by Gasteiger charge is -2.26. The van der Waals surface area contributed by atoms with Crippen LogP contribution in [0.1, 0.15) is 40.9 Å². The van der Waals surface area contributed by atoms with E-state index in [-0.39, 0.29) is 11.7 Å². The summed E-state index contributed by atoms with van der Waals surface area (Å²) in [4.78, 5) is 17.5. The fourth-order valence-corrected chi connectivity index (χ4v) is 2.95. The number of nitrogens with one attached hydrogen (secondary N) is 1. The molecule has 2 aromatic heterocycles. The number of anilines is 1. The Labute approximate surface area is 135 Å². The third-order valence-corrected chi connectivity index (χ3v) is 4.12. The van der Waals surface area contributed by atoms with Gasteiger partial charge in [0, 0.05) is 6.54 Å². The molecule has 0 spiro atoms. The standard InChI is InChI=1S/C17H21N3O3/c1-12-7-8-15(23-12)14(20-9-2-3-10-20)11-18-16-6-4-5-13(19-16)17(21)22/h4-8,14H,2-3,9-11H2,1H3,(H,18,19)(H,21,22). The Bertz CT molecular complexity index is 677. The lowest BCUT2D eigenvalue weighted by Crippen LogP contribution is -2.31. The van der Waals surface area contributed by atoms with Crippen LogP contribution < -0.4 is 5.32 Å². The molecule has 23 heavy (non-hydrogen) atoms. The van der Waals surface area contributed by atoms with E-state index in [9.17, 15) is 4.79 Å². The number of carboxylic acid groups (broad SMARTS) is 1. The van der Waals surface area contributed by atoms with E-state index in [1.165, 1.54) is 18.9 Å². The quantitative estimate of drug-likeness (QED) is 0.853. The van der Waals surface area contributed by atoms with Gasteiger partial charge in [0.05, 0.1) is 6.04 Å². The number of hydrogen-bond donors (Lipinski definition) is 2. The van der Waals surface area contributed by atoms with Crippen LogP contribution in [0.2, 0.25) is 0 Å². The summed E-state index contributed by atoms with van der Waals surface area (Å²) in [5.74, 6) is 1.38. The summed E-state index contributed by atoms with van der Waals surface area (Å²) in [6.45, 7) is 4.67. The van der Waals surface area contributed by atoms with Crippen LogP contribution >= 0.6 is 0 Å². The van der Waals surface area contributed by atoms with Gasteiger partial charge in [0.15, 0.2) is 5.69 Å². The second kappa shape index (κ2) is 6.83. The highest BCUT2D eigenvalue weighted by atomic mass is 16.4. The molecular formula is C17H21N3O3. The van der Waals surface area contributed by atoms with Gasteiger partial charge in [0.25, 0.3) is 0 Å². The second-order valence-electron chi connectivity index (χ2n) is 5.80. The largest absolute Gasteiger partial charge is 0.477 e. The van der Waals surface area contributed by atoms with Crippen LogP contribution in [0.4, 0.5) is 5.82 Å². The molecule has 0 amide bonds. The Kier molecular flexibility index (Phi) is 4.62. The van der Waals surface area contributed by atoms with Gasteiger partial charge in [-0.2, -0.15) is 0 Å². The van der Waals surface area contributed by atoms with Crippen molar-refractivity contribution < 1.29 is 14.3 Å². The molecular weight excluding hydrogens is 294 g/mol. The maximum atomic E-state index is 11.0. The van der Waals surface area contributed by atoms with Crippen molar-refractivity contribution in [2.75, 3.05) is 25.0 Å². The van der Waals surface area contributed by atoms with Crippen molar-refractivity contribution in [1.29, 1.82) is 0 Å². The highest BCUT2D eigenvalue weighted by molar-refractivity contribution is 5.85. The third kappa shape index (κ3) is 3.71. The highest BCUT2D eigenvalue weighted by Crippen LogP contribution is 2.27. The van der Waals surface area contributed by atoms with Crippen molar-refractivity contribution in [2.24, 2.45) is 0 Å². The summed E-state index contributed by atoms with van der Waals surface area (Å²) < 4.78 is 5.81. The minimum absolute atomic E-state index is 0.0431. The van der Waals surface area contributed by atoms with E-state index in [4.69, 9.17) is 9.52 Å². The number of aromatic nitrogens is 1. The number of carbonyl (C=O) groups is 1. The maximum Gasteiger partial charge on any atom is 0.354 e. The Morgan fingerprint density at radius 3 is 2.78 bits per heavy atom. The van der Waals surface area contributed by atoms with Gasteiger partial charge in [-0.3, -0.25) is 4.90 Å². The molecule has 1 aliphatic rings. The summed E-state index contributed by atoms with van der Waals surface area (Å²) in [7, 11) is 0. The molecule has 1 saturated heterocycles. The first-order valence-corrected chi connectivity index (χ1v) is 7.88. The van der Waals surface area contributed by atoms with Gasteiger partial charge in [-0.05, 0) is 57.1 Å². The molecule has 0 aliphatic carbocycles. The van der Waals surface area contributed by atoms with Crippen molar-refractivity contribution >= 4 is 11.8 Å². The average Bonchev–Trinajstić information content (AvgIpc) is 3.20. The van der Waals surface area contributed by atoms with Crippen LogP contribution in [-0.2, 0) is 0 Å². The number of aromatic carboxylic acids is 1. The molecule has 2 aromatic rings. The molecule has 2 N–H and O–H groups in total. The Morgan fingerprint density at radius 2 is 2.13 bits per heavy atom. The summed E-state index contributed by atoms with van der Waals surface area (Å²) in [5.41, 5.74) is 0.0431. The van der Waals surface area contributed by atoms with Crippen LogP contribution in [0.5, 0.6) is 0 Å². The molecule has 1 fully saturated rings. The van der Waals surface area contributed by atoms with Crippen LogP contribution in [0.3, 0.4) is 0 Å². The van der Waals surface area contributed by atoms with E-state index in [1.807, 2.05) is 19.1 Å². The minimum Gasteiger partial charge on any atom is -0.477 e. The zero-order valence-electron chi connectivity index (χ0n) is 13.2. The molecule has 6 nitrogen and oxygen atoms in total. The normalized spacial score (nSPS) is 16.4. The number of pyridine rings is 1. The molecule has 1 aliphatic heterocycles. The molecule has 1 unspecified atom stereocenters. The number of aryl methyl sites for hydroxylation is 1. The lowest BCUT2D eigenvalue weighted by molar-refractivity contribution is 0.0690. The number of carboxylic acids is 1. The van der Waals surface area contributed by atoms with Gasteiger partial charge >= 0.3 is 5.97 Å². The molecule has 0 saturated carbocycles. The first kappa shape index (κ1) is 15.6. The van der Waals surface area contributed by atoms with E-state index in [0.717, 1.165) is 24.6 Å². The molecule has 6 heteroatoms. The third-order valence-electron chi connectivity index (χ3n) is 4.12.